The molecule has 134 valence electrons. The first kappa shape index (κ1) is 18.7. The molecule has 0 aliphatic heterocycles. The van der Waals surface area contributed by atoms with Crippen molar-refractivity contribution in [2.24, 2.45) is 0 Å². The van der Waals surface area contributed by atoms with Crippen molar-refractivity contribution in [2.75, 3.05) is 0 Å². The van der Waals surface area contributed by atoms with Crippen molar-refractivity contribution >= 4 is 11.9 Å². The van der Waals surface area contributed by atoms with E-state index in [1.165, 1.54) is 0 Å². The number of nitrogens with one attached hydrogen (secondary N) is 1. The van der Waals surface area contributed by atoms with Crippen LogP contribution in [0.5, 0.6) is 0 Å². The van der Waals surface area contributed by atoms with Gasteiger partial charge in [0.25, 0.3) is 5.91 Å². The third-order valence-electron chi connectivity index (χ3n) is 4.10. The van der Waals surface area contributed by atoms with E-state index >= 15 is 0 Å². The zero-order valence-electron chi connectivity index (χ0n) is 15.0. The molecule has 1 amide bonds. The number of unbranched alkanes of at least 4 members (excludes halogenated alkanes) is 1. The van der Waals surface area contributed by atoms with Crippen LogP contribution in [0.2, 0.25) is 0 Å². The Balaban J connectivity index is 2.01. The van der Waals surface area contributed by atoms with Crippen LogP contribution in [0, 0.1) is 13.8 Å². The minimum absolute atomic E-state index is 0.360. The molecule has 0 radical (unpaired) electrons. The summed E-state index contributed by atoms with van der Waals surface area (Å²) in [5.41, 5.74) is 3.54. The monoisotopic (exact) mass is 343 g/mol. The quantitative estimate of drug-likeness (QED) is 0.772. The van der Waals surface area contributed by atoms with Crippen LogP contribution >= 0.6 is 0 Å². The zero-order valence-corrected chi connectivity index (χ0v) is 15.0. The van der Waals surface area contributed by atoms with Crippen LogP contribution in [0.3, 0.4) is 0 Å². The number of aromatic nitrogens is 2. The Labute approximate surface area is 147 Å². The predicted molar refractivity (Wildman–Crippen MR) is 95.7 cm³/mol. The van der Waals surface area contributed by atoms with Crippen molar-refractivity contribution < 1.29 is 14.7 Å². The smallest absolute Gasteiger partial charge is 0.326 e. The van der Waals surface area contributed by atoms with Crippen molar-refractivity contribution in [1.82, 2.24) is 15.1 Å². The van der Waals surface area contributed by atoms with E-state index in [9.17, 15) is 14.7 Å². The van der Waals surface area contributed by atoms with Gasteiger partial charge in [0, 0.05) is 11.3 Å². The highest BCUT2D eigenvalue weighted by atomic mass is 16.4. The lowest BCUT2D eigenvalue weighted by Gasteiger charge is -2.14. The van der Waals surface area contributed by atoms with Crippen molar-refractivity contribution in [3.8, 4) is 0 Å². The Kier molecular flexibility index (Phi) is 6.33. The van der Waals surface area contributed by atoms with Crippen molar-refractivity contribution in [3.63, 3.8) is 0 Å². The Bertz CT molecular complexity index is 735. The highest BCUT2D eigenvalue weighted by Crippen LogP contribution is 2.10. The highest BCUT2D eigenvalue weighted by molar-refractivity contribution is 5.96. The second-order valence-electron chi connectivity index (χ2n) is 6.29. The summed E-state index contributed by atoms with van der Waals surface area (Å²) in [5.74, 6) is -1.36. The Morgan fingerprint density at radius 3 is 2.44 bits per heavy atom. The molecule has 1 aromatic heterocycles. The molecule has 25 heavy (non-hydrogen) atoms. The lowest BCUT2D eigenvalue weighted by molar-refractivity contribution is -0.139. The molecule has 0 spiro atoms. The van der Waals surface area contributed by atoms with Gasteiger partial charge in [-0.25, -0.2) is 4.79 Å². The molecule has 6 heteroatoms. The van der Waals surface area contributed by atoms with E-state index in [-0.39, 0.29) is 5.91 Å². The third kappa shape index (κ3) is 5.17. The van der Waals surface area contributed by atoms with Crippen molar-refractivity contribution in [1.29, 1.82) is 0 Å². The topological polar surface area (TPSA) is 84.2 Å². The zero-order chi connectivity index (χ0) is 18.4. The van der Waals surface area contributed by atoms with Gasteiger partial charge >= 0.3 is 5.97 Å². The molecule has 1 heterocycles. The van der Waals surface area contributed by atoms with Crippen LogP contribution in [0.15, 0.2) is 30.3 Å². The second kappa shape index (κ2) is 8.46. The summed E-state index contributed by atoms with van der Waals surface area (Å²) in [6.45, 7) is 6.58. The first-order chi connectivity index (χ1) is 11.9. The number of rotatable bonds is 8. The van der Waals surface area contributed by atoms with Crippen LogP contribution in [0.1, 0.15) is 53.5 Å². The van der Waals surface area contributed by atoms with Crippen molar-refractivity contribution in [3.05, 3.63) is 52.8 Å². The SMILES string of the molecule is CCCC[C@H](NC(=O)c1ccc(Cn2nc(C)cc2C)cc1)C(=O)O. The average Bonchev–Trinajstić information content (AvgIpc) is 2.89. The first-order valence-corrected chi connectivity index (χ1v) is 8.54. The molecule has 0 unspecified atom stereocenters. The van der Waals surface area contributed by atoms with Gasteiger partial charge in [-0.3, -0.25) is 9.48 Å². The molecular formula is C19H25N3O3. The van der Waals surface area contributed by atoms with Crippen molar-refractivity contribution in [2.45, 2.75) is 52.6 Å². The van der Waals surface area contributed by atoms with E-state index in [2.05, 4.69) is 10.4 Å². The lowest BCUT2D eigenvalue weighted by Crippen LogP contribution is -2.40. The number of carboxylic acids is 1. The van der Waals surface area contributed by atoms with Gasteiger partial charge in [-0.15, -0.1) is 0 Å². The number of carbonyl (C=O) groups is 2. The number of carboxylic acid groups (broad SMARTS) is 1. The number of amides is 1. The number of carbonyl (C=O) groups excluding carboxylic acids is 1. The molecule has 1 aromatic carbocycles. The fourth-order valence-corrected chi connectivity index (χ4v) is 2.68. The van der Waals surface area contributed by atoms with E-state index < -0.39 is 12.0 Å². The maximum absolute atomic E-state index is 12.3. The molecule has 6 nitrogen and oxygen atoms in total. The minimum Gasteiger partial charge on any atom is -0.480 e. The van der Waals surface area contributed by atoms with Gasteiger partial charge in [0.05, 0.1) is 12.2 Å². The van der Waals surface area contributed by atoms with Crippen LogP contribution in [-0.2, 0) is 11.3 Å². The summed E-state index contributed by atoms with van der Waals surface area (Å²) in [4.78, 5) is 23.5. The van der Waals surface area contributed by atoms with Gasteiger partial charge in [0.15, 0.2) is 0 Å². The Hall–Kier alpha value is -2.63. The summed E-state index contributed by atoms with van der Waals surface area (Å²) in [6, 6.07) is 8.34. The van der Waals surface area contributed by atoms with Crippen LogP contribution in [0.4, 0.5) is 0 Å². The van der Waals surface area contributed by atoms with E-state index in [0.717, 1.165) is 29.8 Å². The number of hydrogen-bond donors (Lipinski definition) is 2. The molecule has 0 aliphatic carbocycles. The summed E-state index contributed by atoms with van der Waals surface area (Å²) >= 11 is 0. The second-order valence-corrected chi connectivity index (χ2v) is 6.29. The normalized spacial score (nSPS) is 12.0. The molecule has 0 saturated heterocycles. The Morgan fingerprint density at radius 2 is 1.92 bits per heavy atom. The van der Waals surface area contributed by atoms with E-state index in [1.807, 2.05) is 43.7 Å². The molecule has 0 aliphatic rings. The Morgan fingerprint density at radius 1 is 1.24 bits per heavy atom. The number of aliphatic carboxylic acids is 1. The maximum Gasteiger partial charge on any atom is 0.326 e. The van der Waals surface area contributed by atoms with Gasteiger partial charge in [-0.1, -0.05) is 31.9 Å². The molecule has 1 atom stereocenters. The molecule has 0 saturated carbocycles. The largest absolute Gasteiger partial charge is 0.480 e. The average molecular weight is 343 g/mol. The highest BCUT2D eigenvalue weighted by Gasteiger charge is 2.19. The first-order valence-electron chi connectivity index (χ1n) is 8.54. The van der Waals surface area contributed by atoms with Crippen LogP contribution in [0.25, 0.3) is 0 Å². The summed E-state index contributed by atoms with van der Waals surface area (Å²) in [7, 11) is 0. The predicted octanol–water partition coefficient (Wildman–Crippen LogP) is 2.92. The number of benzene rings is 1. The van der Waals surface area contributed by atoms with Gasteiger partial charge in [-0.05, 0) is 44.0 Å². The maximum atomic E-state index is 12.3. The summed E-state index contributed by atoms with van der Waals surface area (Å²) in [6.07, 6.45) is 2.09. The van der Waals surface area contributed by atoms with Gasteiger partial charge in [0.1, 0.15) is 6.04 Å². The number of hydrogen-bond acceptors (Lipinski definition) is 3. The van der Waals surface area contributed by atoms with E-state index in [0.29, 0.717) is 18.5 Å². The molecule has 2 rings (SSSR count). The van der Waals surface area contributed by atoms with E-state index in [1.54, 1.807) is 12.1 Å². The van der Waals surface area contributed by atoms with E-state index in [4.69, 9.17) is 0 Å². The summed E-state index contributed by atoms with van der Waals surface area (Å²) < 4.78 is 1.91. The molecular weight excluding hydrogens is 318 g/mol. The molecule has 0 bridgehead atoms. The number of nitrogens with zero attached hydrogens (tertiary/aromatic N) is 2. The summed E-state index contributed by atoms with van der Waals surface area (Å²) in [5, 5.41) is 16.2. The third-order valence-corrected chi connectivity index (χ3v) is 4.10. The van der Waals surface area contributed by atoms with Crippen LogP contribution < -0.4 is 5.32 Å². The molecule has 2 aromatic rings. The van der Waals surface area contributed by atoms with Gasteiger partial charge < -0.3 is 10.4 Å². The molecule has 2 N–H and O–H groups in total. The minimum atomic E-state index is -0.997. The van der Waals surface area contributed by atoms with Gasteiger partial charge in [0.2, 0.25) is 0 Å². The van der Waals surface area contributed by atoms with Gasteiger partial charge in [-0.2, -0.15) is 5.10 Å². The van der Waals surface area contributed by atoms with Crippen LogP contribution in [-0.4, -0.2) is 32.8 Å². The lowest BCUT2D eigenvalue weighted by atomic mass is 10.1. The number of aryl methyl sites for hydroxylation is 2. The fraction of sp³-hybridized carbons (Fsp3) is 0.421. The molecule has 0 fully saturated rings. The fourth-order valence-electron chi connectivity index (χ4n) is 2.68. The standard InChI is InChI=1S/C19H25N3O3/c1-4-5-6-17(19(24)25)20-18(23)16-9-7-15(8-10-16)12-22-14(3)11-13(2)21-22/h7-11,17H,4-6,12H2,1-3H3,(H,20,23)(H,24,25)/t17-/m0/s1.